The number of hydrogen-bond donors (Lipinski definition) is 7. The van der Waals surface area contributed by atoms with Gasteiger partial charge in [-0.25, -0.2) is 8.42 Å². The number of aliphatic hydroxyl groups excluding tert-OH is 6. The van der Waals surface area contributed by atoms with Crippen LogP contribution in [0.3, 0.4) is 0 Å². The number of carbonyl (C=O) groups is 1. The molecule has 2 rings (SSSR count). The fraction of sp³-hybridized carbons (Fsp3) is 0.929. The first-order valence-electron chi connectivity index (χ1n) is 8.70. The molecule has 15 nitrogen and oxygen atoms in total. The molecule has 0 radical (unpaired) electrons. The molecule has 0 aromatic carbocycles. The van der Waals surface area contributed by atoms with Crippen LogP contribution in [-0.4, -0.2) is 124 Å². The van der Waals surface area contributed by atoms with Crippen LogP contribution in [0.25, 0.3) is 0 Å². The van der Waals surface area contributed by atoms with E-state index < -0.39 is 90.9 Å². The van der Waals surface area contributed by atoms with E-state index in [0.717, 1.165) is 6.92 Å². The van der Waals surface area contributed by atoms with Crippen LogP contribution in [0.5, 0.6) is 0 Å². The maximum atomic E-state index is 11.3. The predicted octanol–water partition coefficient (Wildman–Crippen LogP) is -8.76. The average Bonchev–Trinajstić information content (AvgIpc) is 2.65. The monoisotopic (exact) mass is 485 g/mol. The summed E-state index contributed by atoms with van der Waals surface area (Å²) in [4.78, 5) is 11.3. The van der Waals surface area contributed by atoms with Crippen LogP contribution < -0.4 is 34.9 Å². The fourth-order valence-corrected chi connectivity index (χ4v) is 3.41. The molecule has 2 aliphatic heterocycles. The van der Waals surface area contributed by atoms with Gasteiger partial charge in [0, 0.05) is 6.92 Å². The van der Waals surface area contributed by atoms with Gasteiger partial charge in [-0.15, -0.1) is 0 Å². The van der Waals surface area contributed by atoms with Gasteiger partial charge in [-0.2, -0.15) is 0 Å². The van der Waals surface area contributed by atoms with Gasteiger partial charge < -0.3 is 54.7 Å². The van der Waals surface area contributed by atoms with Crippen molar-refractivity contribution < 1.29 is 96.4 Å². The van der Waals surface area contributed by atoms with Gasteiger partial charge in [0.05, 0.1) is 13.2 Å². The number of hydrogen-bond acceptors (Lipinski definition) is 14. The number of carbonyl (C=O) groups excluding carboxylic acids is 1. The first-order valence-corrected chi connectivity index (χ1v) is 10.0. The van der Waals surface area contributed by atoms with Gasteiger partial charge in [-0.05, 0) is 0 Å². The van der Waals surface area contributed by atoms with Crippen LogP contribution in [0.2, 0.25) is 0 Å². The Hall–Kier alpha value is -0.0200. The summed E-state index contributed by atoms with van der Waals surface area (Å²) in [5, 5.41) is 61.7. The minimum Gasteiger partial charge on any atom is -0.726 e. The van der Waals surface area contributed by atoms with E-state index in [0.29, 0.717) is 0 Å². The van der Waals surface area contributed by atoms with Crippen molar-refractivity contribution in [3.63, 3.8) is 0 Å². The molecule has 2 aliphatic rings. The van der Waals surface area contributed by atoms with E-state index in [4.69, 9.17) is 14.2 Å². The van der Waals surface area contributed by atoms with E-state index in [1.54, 1.807) is 0 Å². The Kier molecular flexibility index (Phi) is 11.1. The van der Waals surface area contributed by atoms with E-state index in [1.807, 2.05) is 0 Å². The summed E-state index contributed by atoms with van der Waals surface area (Å²) in [6, 6.07) is -1.47. The first kappa shape index (κ1) is 29.0. The van der Waals surface area contributed by atoms with Crippen molar-refractivity contribution in [2.75, 3.05) is 13.2 Å². The van der Waals surface area contributed by atoms with Gasteiger partial charge in [0.1, 0.15) is 48.8 Å². The zero-order valence-corrected chi connectivity index (χ0v) is 19.4. The Morgan fingerprint density at radius 3 is 2.16 bits per heavy atom. The maximum Gasteiger partial charge on any atom is 1.00 e. The van der Waals surface area contributed by atoms with Gasteiger partial charge in [-0.1, -0.05) is 0 Å². The van der Waals surface area contributed by atoms with E-state index in [2.05, 4.69) is 9.50 Å². The molecule has 1 amide bonds. The second-order valence-corrected chi connectivity index (χ2v) is 7.82. The smallest absolute Gasteiger partial charge is 0.726 e. The number of ether oxygens (including phenoxy) is 3. The molecular formula is C14H24NNaO14S. The van der Waals surface area contributed by atoms with Crippen LogP contribution >= 0.6 is 0 Å². The molecule has 0 aliphatic carbocycles. The summed E-state index contributed by atoms with van der Waals surface area (Å²) in [5.74, 6) is -0.676. The molecule has 0 saturated carbocycles. The zero-order valence-electron chi connectivity index (χ0n) is 16.5. The van der Waals surface area contributed by atoms with Crippen molar-refractivity contribution in [1.82, 2.24) is 5.32 Å². The summed E-state index contributed by atoms with van der Waals surface area (Å²) in [6.45, 7) is -0.719. The van der Waals surface area contributed by atoms with Crippen LogP contribution in [-0.2, 0) is 33.6 Å². The first-order chi connectivity index (χ1) is 13.9. The number of rotatable bonds is 7. The minimum absolute atomic E-state index is 0. The SMILES string of the molecule is CC(=O)NC1C(O)[C@H](O[C@@H]2OC(CO)[C@H](O)C(O)C2O)C(COS(=O)(=O)[O-])O[C@H]1O.[Na+]. The molecule has 176 valence electrons. The summed E-state index contributed by atoms with van der Waals surface area (Å²) < 4.78 is 51.9. The average molecular weight is 485 g/mol. The van der Waals surface area contributed by atoms with Crippen molar-refractivity contribution >= 4 is 16.3 Å². The second kappa shape index (κ2) is 11.9. The number of nitrogens with one attached hydrogen (secondary N) is 1. The summed E-state index contributed by atoms with van der Waals surface area (Å²) in [7, 11) is -5.19. The summed E-state index contributed by atoms with van der Waals surface area (Å²) in [5.41, 5.74) is 0. The molecule has 0 spiro atoms. The normalized spacial score (nSPS) is 41.3. The quantitative estimate of drug-likeness (QED) is 0.101. The molecule has 0 aromatic heterocycles. The number of amides is 1. The van der Waals surface area contributed by atoms with Gasteiger partial charge in [0.15, 0.2) is 12.6 Å². The van der Waals surface area contributed by atoms with E-state index >= 15 is 0 Å². The van der Waals surface area contributed by atoms with Crippen molar-refractivity contribution in [2.45, 2.75) is 68.3 Å². The van der Waals surface area contributed by atoms with Crippen LogP contribution in [0, 0.1) is 0 Å². The predicted molar refractivity (Wildman–Crippen MR) is 88.8 cm³/mol. The molecule has 6 unspecified atom stereocenters. The Morgan fingerprint density at radius 1 is 1.03 bits per heavy atom. The molecule has 31 heavy (non-hydrogen) atoms. The van der Waals surface area contributed by atoms with Gasteiger partial charge in [-0.3, -0.25) is 8.98 Å². The Labute approximate surface area is 199 Å². The third kappa shape index (κ3) is 7.49. The molecular weight excluding hydrogens is 461 g/mol. The second-order valence-electron chi connectivity index (χ2n) is 6.77. The Balaban J connectivity index is 0.00000480. The third-order valence-electron chi connectivity index (χ3n) is 4.58. The van der Waals surface area contributed by atoms with Crippen molar-refractivity contribution in [2.24, 2.45) is 0 Å². The standard InChI is InChI=1S/C14H25NO14S.Na/c1-4(17)15-7-9(19)12(6(27-13(7)22)3-26-30(23,24)25)29-14-11(21)10(20)8(18)5(2-16)28-14;/h5-14,16,18-22H,2-3H2,1H3,(H,15,17)(H,23,24,25);/q;+1/p-1/t5?,6?,7?,8-,9?,10?,11?,12+,13+,14-;/m0./s1. The van der Waals surface area contributed by atoms with Crippen LogP contribution in [0.15, 0.2) is 0 Å². The van der Waals surface area contributed by atoms with Crippen molar-refractivity contribution in [3.8, 4) is 0 Å². The summed E-state index contributed by atoms with van der Waals surface area (Å²) >= 11 is 0. The largest absolute Gasteiger partial charge is 1.00 e. The fourth-order valence-electron chi connectivity index (χ4n) is 3.11. The van der Waals surface area contributed by atoms with E-state index in [-0.39, 0.29) is 29.6 Å². The van der Waals surface area contributed by atoms with Gasteiger partial charge in [0.2, 0.25) is 16.3 Å². The minimum atomic E-state index is -5.19. The molecule has 0 aromatic rings. The summed E-state index contributed by atoms with van der Waals surface area (Å²) in [6.07, 6.45) is -15.5. The molecule has 2 fully saturated rings. The molecule has 7 N–H and O–H groups in total. The Bertz CT molecular complexity index is 694. The molecule has 2 heterocycles. The van der Waals surface area contributed by atoms with Gasteiger partial charge in [0.25, 0.3) is 0 Å². The third-order valence-corrected chi connectivity index (χ3v) is 5.00. The van der Waals surface area contributed by atoms with Crippen LogP contribution in [0.1, 0.15) is 6.92 Å². The van der Waals surface area contributed by atoms with Gasteiger partial charge >= 0.3 is 29.6 Å². The van der Waals surface area contributed by atoms with Crippen LogP contribution in [0.4, 0.5) is 0 Å². The molecule has 10 atom stereocenters. The van der Waals surface area contributed by atoms with Crippen molar-refractivity contribution in [3.05, 3.63) is 0 Å². The van der Waals surface area contributed by atoms with E-state index in [9.17, 15) is 48.4 Å². The van der Waals surface area contributed by atoms with E-state index in [1.165, 1.54) is 0 Å². The van der Waals surface area contributed by atoms with Crippen molar-refractivity contribution in [1.29, 1.82) is 0 Å². The zero-order chi connectivity index (χ0) is 22.8. The molecule has 0 bridgehead atoms. The molecule has 17 heteroatoms. The maximum absolute atomic E-state index is 11.3. The number of aliphatic hydroxyl groups is 6. The molecule has 2 saturated heterocycles. The Morgan fingerprint density at radius 2 is 1.65 bits per heavy atom. The topological polar surface area (TPSA) is 245 Å².